The molecule has 1 N–H and O–H groups in total. The first kappa shape index (κ1) is 14.4. The zero-order valence-electron chi connectivity index (χ0n) is 10.4. The molecule has 0 aliphatic heterocycles. The summed E-state index contributed by atoms with van der Waals surface area (Å²) in [7, 11) is 0. The maximum Gasteiger partial charge on any atom is 0.124 e. The molecule has 3 heteroatoms. The van der Waals surface area contributed by atoms with Gasteiger partial charge in [-0.15, -0.1) is 0 Å². The third kappa shape index (κ3) is 5.99. The maximum atomic E-state index is 13.2. The van der Waals surface area contributed by atoms with Gasteiger partial charge in [0.1, 0.15) is 5.82 Å². The second kappa shape index (κ2) is 7.62. The minimum absolute atomic E-state index is 0.185. The largest absolute Gasteiger partial charge is 0.317 e. The summed E-state index contributed by atoms with van der Waals surface area (Å²) in [5.74, 6) is -0.185. The Labute approximate surface area is 111 Å². The summed E-state index contributed by atoms with van der Waals surface area (Å²) in [6.45, 7) is 6.19. The van der Waals surface area contributed by atoms with Gasteiger partial charge in [-0.1, -0.05) is 34.5 Å². The number of allylic oxidation sites excluding steroid dienone is 1. The Bertz CT molecular complexity index is 368. The van der Waals surface area contributed by atoms with Crippen LogP contribution in [0.15, 0.2) is 34.3 Å². The van der Waals surface area contributed by atoms with Crippen LogP contribution < -0.4 is 5.32 Å². The van der Waals surface area contributed by atoms with Gasteiger partial charge in [0.05, 0.1) is 0 Å². The Morgan fingerprint density at radius 2 is 2.18 bits per heavy atom. The normalized spacial score (nSPS) is 11.9. The van der Waals surface area contributed by atoms with Crippen LogP contribution >= 0.6 is 15.9 Å². The monoisotopic (exact) mass is 299 g/mol. The minimum Gasteiger partial charge on any atom is -0.317 e. The summed E-state index contributed by atoms with van der Waals surface area (Å²) >= 11 is 3.31. The predicted octanol–water partition coefficient (Wildman–Crippen LogP) is 4.08. The first-order valence-electron chi connectivity index (χ1n) is 5.93. The van der Waals surface area contributed by atoms with Crippen molar-refractivity contribution in [2.75, 3.05) is 13.1 Å². The first-order chi connectivity index (χ1) is 8.11. The summed E-state index contributed by atoms with van der Waals surface area (Å²) < 4.78 is 14.0. The van der Waals surface area contributed by atoms with Crippen LogP contribution in [0.4, 0.5) is 4.39 Å². The van der Waals surface area contributed by atoms with E-state index in [-0.39, 0.29) is 5.82 Å². The molecule has 0 unspecified atom stereocenters. The van der Waals surface area contributed by atoms with E-state index in [0.717, 1.165) is 36.0 Å². The molecule has 0 radical (unpaired) electrons. The van der Waals surface area contributed by atoms with E-state index >= 15 is 0 Å². The second-order valence-electron chi connectivity index (χ2n) is 4.15. The van der Waals surface area contributed by atoms with Crippen LogP contribution in [0.2, 0.25) is 0 Å². The van der Waals surface area contributed by atoms with Gasteiger partial charge in [-0.2, -0.15) is 0 Å². The minimum atomic E-state index is -0.185. The number of hydrogen-bond acceptors (Lipinski definition) is 1. The molecule has 0 saturated carbocycles. The standard InChI is InChI=1S/C14H19BrFN/c1-3-17-6-4-5-11(2)7-12-8-13(15)10-14(16)9-12/h5,8-10,17H,3-4,6-7H2,1-2H3. The van der Waals surface area contributed by atoms with Crippen molar-refractivity contribution in [1.82, 2.24) is 5.32 Å². The Kier molecular flexibility index (Phi) is 6.45. The smallest absolute Gasteiger partial charge is 0.124 e. The van der Waals surface area contributed by atoms with Gasteiger partial charge >= 0.3 is 0 Å². The van der Waals surface area contributed by atoms with E-state index in [1.54, 1.807) is 6.07 Å². The van der Waals surface area contributed by atoms with Crippen LogP contribution in [0.5, 0.6) is 0 Å². The Hall–Kier alpha value is -0.670. The van der Waals surface area contributed by atoms with Crippen LogP contribution in [0.25, 0.3) is 0 Å². The number of benzene rings is 1. The van der Waals surface area contributed by atoms with Crippen molar-refractivity contribution in [2.45, 2.75) is 26.7 Å². The van der Waals surface area contributed by atoms with Crippen molar-refractivity contribution >= 4 is 15.9 Å². The highest BCUT2D eigenvalue weighted by molar-refractivity contribution is 9.10. The molecule has 1 aromatic carbocycles. The SMILES string of the molecule is CCNCCC=C(C)Cc1cc(F)cc(Br)c1. The van der Waals surface area contributed by atoms with Gasteiger partial charge in [0, 0.05) is 4.47 Å². The van der Waals surface area contributed by atoms with E-state index in [9.17, 15) is 4.39 Å². The molecule has 0 amide bonds. The number of rotatable bonds is 6. The van der Waals surface area contributed by atoms with Crippen LogP contribution in [-0.2, 0) is 6.42 Å². The lowest BCUT2D eigenvalue weighted by Gasteiger charge is -2.04. The van der Waals surface area contributed by atoms with E-state index in [0.29, 0.717) is 0 Å². The fraction of sp³-hybridized carbons (Fsp3) is 0.429. The fourth-order valence-electron chi connectivity index (χ4n) is 1.70. The van der Waals surface area contributed by atoms with E-state index in [1.807, 2.05) is 6.07 Å². The molecule has 0 atom stereocenters. The topological polar surface area (TPSA) is 12.0 Å². The third-order valence-electron chi connectivity index (χ3n) is 2.47. The van der Waals surface area contributed by atoms with Crippen molar-refractivity contribution in [3.05, 3.63) is 45.7 Å². The third-order valence-corrected chi connectivity index (χ3v) is 2.93. The predicted molar refractivity (Wildman–Crippen MR) is 74.7 cm³/mol. The van der Waals surface area contributed by atoms with Gasteiger partial charge in [-0.25, -0.2) is 4.39 Å². The lowest BCUT2D eigenvalue weighted by atomic mass is 10.1. The number of hydrogen-bond donors (Lipinski definition) is 1. The van der Waals surface area contributed by atoms with Crippen LogP contribution in [0.3, 0.4) is 0 Å². The zero-order valence-corrected chi connectivity index (χ0v) is 12.0. The van der Waals surface area contributed by atoms with Crippen LogP contribution in [0, 0.1) is 5.82 Å². The molecule has 94 valence electrons. The van der Waals surface area contributed by atoms with Crippen LogP contribution in [-0.4, -0.2) is 13.1 Å². The molecule has 17 heavy (non-hydrogen) atoms. The summed E-state index contributed by atoms with van der Waals surface area (Å²) in [6.07, 6.45) is 4.04. The van der Waals surface area contributed by atoms with Gasteiger partial charge in [-0.05, 0) is 56.6 Å². The van der Waals surface area contributed by atoms with Crippen molar-refractivity contribution in [2.24, 2.45) is 0 Å². The molecule has 0 heterocycles. The van der Waals surface area contributed by atoms with Gasteiger partial charge in [0.25, 0.3) is 0 Å². The highest BCUT2D eigenvalue weighted by Gasteiger charge is 2.00. The molecule has 0 fully saturated rings. The molecule has 0 bridgehead atoms. The quantitative estimate of drug-likeness (QED) is 0.616. The highest BCUT2D eigenvalue weighted by atomic mass is 79.9. The van der Waals surface area contributed by atoms with E-state index in [4.69, 9.17) is 0 Å². The Morgan fingerprint density at radius 1 is 1.41 bits per heavy atom. The van der Waals surface area contributed by atoms with Gasteiger partial charge < -0.3 is 5.32 Å². The molecule has 1 aromatic rings. The summed E-state index contributed by atoms with van der Waals surface area (Å²) in [4.78, 5) is 0. The summed E-state index contributed by atoms with van der Waals surface area (Å²) in [5.41, 5.74) is 2.29. The second-order valence-corrected chi connectivity index (χ2v) is 5.06. The van der Waals surface area contributed by atoms with Crippen molar-refractivity contribution in [1.29, 1.82) is 0 Å². The van der Waals surface area contributed by atoms with E-state index in [2.05, 4.69) is 41.2 Å². The molecule has 0 saturated heterocycles. The Morgan fingerprint density at radius 3 is 2.82 bits per heavy atom. The van der Waals surface area contributed by atoms with Crippen molar-refractivity contribution in [3.63, 3.8) is 0 Å². The molecule has 0 aliphatic rings. The van der Waals surface area contributed by atoms with Gasteiger partial charge in [0.15, 0.2) is 0 Å². The van der Waals surface area contributed by atoms with Crippen molar-refractivity contribution in [3.8, 4) is 0 Å². The number of nitrogens with one attached hydrogen (secondary N) is 1. The fourth-order valence-corrected chi connectivity index (χ4v) is 2.22. The van der Waals surface area contributed by atoms with E-state index < -0.39 is 0 Å². The lowest BCUT2D eigenvalue weighted by molar-refractivity contribution is 0.625. The number of halogens is 2. The first-order valence-corrected chi connectivity index (χ1v) is 6.72. The molecule has 0 aliphatic carbocycles. The maximum absolute atomic E-state index is 13.2. The molecular formula is C14H19BrFN. The summed E-state index contributed by atoms with van der Waals surface area (Å²) in [6, 6.07) is 5.03. The summed E-state index contributed by atoms with van der Waals surface area (Å²) in [5, 5.41) is 3.27. The van der Waals surface area contributed by atoms with E-state index in [1.165, 1.54) is 11.6 Å². The average molecular weight is 300 g/mol. The lowest BCUT2D eigenvalue weighted by Crippen LogP contribution is -2.13. The average Bonchev–Trinajstić information content (AvgIpc) is 2.23. The molecule has 1 rings (SSSR count). The molecule has 0 aromatic heterocycles. The zero-order chi connectivity index (χ0) is 12.7. The molecule has 1 nitrogen and oxygen atoms in total. The van der Waals surface area contributed by atoms with Gasteiger partial charge in [-0.3, -0.25) is 0 Å². The van der Waals surface area contributed by atoms with Crippen molar-refractivity contribution < 1.29 is 4.39 Å². The van der Waals surface area contributed by atoms with Gasteiger partial charge in [0.2, 0.25) is 0 Å². The highest BCUT2D eigenvalue weighted by Crippen LogP contribution is 2.17. The molecular weight excluding hydrogens is 281 g/mol. The Balaban J connectivity index is 2.52. The van der Waals surface area contributed by atoms with Crippen LogP contribution in [0.1, 0.15) is 25.8 Å². The molecule has 0 spiro atoms.